The first-order valence-electron chi connectivity index (χ1n) is 8.31. The van der Waals surface area contributed by atoms with Gasteiger partial charge in [-0.25, -0.2) is 4.39 Å². The van der Waals surface area contributed by atoms with Gasteiger partial charge < -0.3 is 9.47 Å². The lowest BCUT2D eigenvalue weighted by Crippen LogP contribution is -2.36. The van der Waals surface area contributed by atoms with E-state index in [0.717, 1.165) is 18.4 Å². The monoisotopic (exact) mass is 326 g/mol. The quantitative estimate of drug-likeness (QED) is 0.830. The largest absolute Gasteiger partial charge is 0.486 e. The van der Waals surface area contributed by atoms with Crippen LogP contribution in [0.4, 0.5) is 4.39 Å². The molecule has 0 aliphatic heterocycles. The van der Waals surface area contributed by atoms with Crippen molar-refractivity contribution in [1.29, 1.82) is 0 Å². The van der Waals surface area contributed by atoms with Gasteiger partial charge >= 0.3 is 0 Å². The molecule has 3 nitrogen and oxygen atoms in total. The van der Waals surface area contributed by atoms with Gasteiger partial charge in [0, 0.05) is 0 Å². The molecule has 124 valence electrons. The van der Waals surface area contributed by atoms with Gasteiger partial charge in [0.1, 0.15) is 6.61 Å². The SMILES string of the molecule is O=c1c(OC2CC3(CC3)C2)cccc(F)c1OCc1ccccc1. The Morgan fingerprint density at radius 2 is 1.79 bits per heavy atom. The highest BCUT2D eigenvalue weighted by Gasteiger charge is 2.54. The summed E-state index contributed by atoms with van der Waals surface area (Å²) in [6, 6.07) is 13.6. The van der Waals surface area contributed by atoms with E-state index in [-0.39, 0.29) is 24.2 Å². The Hall–Kier alpha value is -2.36. The molecule has 0 saturated heterocycles. The van der Waals surface area contributed by atoms with Crippen molar-refractivity contribution in [2.75, 3.05) is 0 Å². The normalized spacial score (nSPS) is 18.0. The van der Waals surface area contributed by atoms with E-state index in [4.69, 9.17) is 9.47 Å². The van der Waals surface area contributed by atoms with Gasteiger partial charge in [0.2, 0.25) is 5.75 Å². The van der Waals surface area contributed by atoms with E-state index < -0.39 is 11.2 Å². The molecule has 2 aliphatic carbocycles. The fourth-order valence-electron chi connectivity index (χ4n) is 3.30. The Bertz CT molecular complexity index is 792. The van der Waals surface area contributed by atoms with E-state index in [0.29, 0.717) is 5.41 Å². The highest BCUT2D eigenvalue weighted by Crippen LogP contribution is 2.61. The van der Waals surface area contributed by atoms with E-state index in [1.165, 1.54) is 31.0 Å². The Morgan fingerprint density at radius 1 is 1.04 bits per heavy atom. The van der Waals surface area contributed by atoms with E-state index in [1.54, 1.807) is 0 Å². The number of benzene rings is 1. The van der Waals surface area contributed by atoms with Crippen LogP contribution < -0.4 is 14.9 Å². The summed E-state index contributed by atoms with van der Waals surface area (Å²) < 4.78 is 25.4. The fraction of sp³-hybridized carbons (Fsp3) is 0.350. The summed E-state index contributed by atoms with van der Waals surface area (Å²) in [4.78, 5) is 12.6. The zero-order chi connectivity index (χ0) is 16.6. The molecule has 0 radical (unpaired) electrons. The Balaban J connectivity index is 1.53. The van der Waals surface area contributed by atoms with Crippen LogP contribution >= 0.6 is 0 Å². The highest BCUT2D eigenvalue weighted by molar-refractivity contribution is 5.33. The van der Waals surface area contributed by atoms with Gasteiger partial charge in [-0.2, -0.15) is 0 Å². The maximum atomic E-state index is 14.2. The first-order chi connectivity index (χ1) is 11.7. The molecule has 2 aromatic carbocycles. The minimum Gasteiger partial charge on any atom is -0.486 e. The van der Waals surface area contributed by atoms with Crippen molar-refractivity contribution < 1.29 is 13.9 Å². The second-order valence-corrected chi connectivity index (χ2v) is 6.82. The lowest BCUT2D eigenvalue weighted by Gasteiger charge is -2.35. The van der Waals surface area contributed by atoms with Gasteiger partial charge in [-0.15, -0.1) is 0 Å². The molecule has 2 aliphatic rings. The Labute approximate surface area is 140 Å². The standard InChI is InChI=1S/C20H19FO3/c21-16-7-4-8-17(24-15-11-20(12-15)9-10-20)18(22)19(16)23-13-14-5-2-1-3-6-14/h1-8,15H,9-13H2. The van der Waals surface area contributed by atoms with E-state index in [9.17, 15) is 9.18 Å². The van der Waals surface area contributed by atoms with Crippen LogP contribution in [0, 0.1) is 11.2 Å². The lowest BCUT2D eigenvalue weighted by atomic mass is 9.79. The third-order valence-corrected chi connectivity index (χ3v) is 4.94. The van der Waals surface area contributed by atoms with Crippen molar-refractivity contribution in [3.05, 3.63) is 70.1 Å². The molecule has 1 spiro atoms. The molecule has 2 saturated carbocycles. The fourth-order valence-corrected chi connectivity index (χ4v) is 3.30. The van der Waals surface area contributed by atoms with Crippen molar-refractivity contribution >= 4 is 0 Å². The molecule has 24 heavy (non-hydrogen) atoms. The third kappa shape index (κ3) is 3.01. The number of ether oxygens (including phenoxy) is 2. The number of rotatable bonds is 5. The molecular formula is C20H19FO3. The van der Waals surface area contributed by atoms with Gasteiger partial charge in [-0.3, -0.25) is 4.79 Å². The second-order valence-electron chi connectivity index (χ2n) is 6.82. The molecule has 0 heterocycles. The summed E-state index contributed by atoms with van der Waals surface area (Å²) in [6.45, 7) is 0.142. The second kappa shape index (κ2) is 5.93. The molecule has 0 bridgehead atoms. The van der Waals surface area contributed by atoms with Gasteiger partial charge in [0.05, 0.1) is 6.10 Å². The Kier molecular flexibility index (Phi) is 3.75. The van der Waals surface area contributed by atoms with Crippen LogP contribution in [-0.4, -0.2) is 6.10 Å². The molecule has 4 rings (SSSR count). The van der Waals surface area contributed by atoms with Crippen LogP contribution in [0.1, 0.15) is 31.2 Å². The molecule has 4 heteroatoms. The van der Waals surface area contributed by atoms with Crippen LogP contribution in [0.15, 0.2) is 53.3 Å². The number of hydrogen-bond donors (Lipinski definition) is 0. The van der Waals surface area contributed by atoms with Crippen molar-refractivity contribution in [3.8, 4) is 11.5 Å². The summed E-state index contributed by atoms with van der Waals surface area (Å²) in [5, 5.41) is 0. The van der Waals surface area contributed by atoms with Crippen molar-refractivity contribution in [2.24, 2.45) is 5.41 Å². The van der Waals surface area contributed by atoms with Gasteiger partial charge in [0.25, 0.3) is 5.43 Å². The number of halogens is 1. The maximum absolute atomic E-state index is 14.2. The van der Waals surface area contributed by atoms with Gasteiger partial charge in [-0.05, 0) is 48.8 Å². The minimum atomic E-state index is -0.668. The molecule has 0 amide bonds. The molecule has 2 fully saturated rings. The zero-order valence-corrected chi connectivity index (χ0v) is 13.3. The molecule has 0 unspecified atom stereocenters. The summed E-state index contributed by atoms with van der Waals surface area (Å²) in [5.74, 6) is -0.778. The van der Waals surface area contributed by atoms with Crippen LogP contribution in [0.3, 0.4) is 0 Å². The van der Waals surface area contributed by atoms with Gasteiger partial charge in [-0.1, -0.05) is 36.4 Å². The average Bonchev–Trinajstić information content (AvgIpc) is 3.35. The van der Waals surface area contributed by atoms with Crippen molar-refractivity contribution in [1.82, 2.24) is 0 Å². The zero-order valence-electron chi connectivity index (χ0n) is 13.3. The van der Waals surface area contributed by atoms with E-state index >= 15 is 0 Å². The van der Waals surface area contributed by atoms with Crippen molar-refractivity contribution in [2.45, 2.75) is 38.4 Å². The maximum Gasteiger partial charge on any atom is 0.265 e. The smallest absolute Gasteiger partial charge is 0.265 e. The van der Waals surface area contributed by atoms with Crippen molar-refractivity contribution in [3.63, 3.8) is 0 Å². The number of hydrogen-bond acceptors (Lipinski definition) is 3. The van der Waals surface area contributed by atoms with Crippen LogP contribution in [0.5, 0.6) is 11.5 Å². The summed E-state index contributed by atoms with van der Waals surface area (Å²) in [6.07, 6.45) is 4.58. The van der Waals surface area contributed by atoms with Crippen LogP contribution in [-0.2, 0) is 6.61 Å². The van der Waals surface area contributed by atoms with Crippen LogP contribution in [0.2, 0.25) is 0 Å². The molecular weight excluding hydrogens is 307 g/mol. The summed E-state index contributed by atoms with van der Waals surface area (Å²) >= 11 is 0. The molecule has 0 N–H and O–H groups in total. The third-order valence-electron chi connectivity index (χ3n) is 4.94. The summed E-state index contributed by atoms with van der Waals surface area (Å²) in [7, 11) is 0. The van der Waals surface area contributed by atoms with E-state index in [1.807, 2.05) is 30.3 Å². The molecule has 2 aromatic rings. The topological polar surface area (TPSA) is 35.5 Å². The average molecular weight is 326 g/mol. The predicted octanol–water partition coefficient (Wildman–Crippen LogP) is 4.09. The van der Waals surface area contributed by atoms with Crippen LogP contribution in [0.25, 0.3) is 0 Å². The first kappa shape index (κ1) is 15.2. The summed E-state index contributed by atoms with van der Waals surface area (Å²) in [5.41, 5.74) is 0.841. The predicted molar refractivity (Wildman–Crippen MR) is 88.8 cm³/mol. The van der Waals surface area contributed by atoms with Gasteiger partial charge in [0.15, 0.2) is 11.6 Å². The first-order valence-corrected chi connectivity index (χ1v) is 8.31. The highest BCUT2D eigenvalue weighted by atomic mass is 19.1. The molecule has 0 aromatic heterocycles. The Morgan fingerprint density at radius 3 is 2.50 bits per heavy atom. The molecule has 0 atom stereocenters. The minimum absolute atomic E-state index is 0.0626. The lowest BCUT2D eigenvalue weighted by molar-refractivity contribution is 0.0494. The van der Waals surface area contributed by atoms with E-state index in [2.05, 4.69) is 0 Å².